The molecule has 0 aromatic heterocycles. The van der Waals surface area contributed by atoms with Gasteiger partial charge in [-0.2, -0.15) is 0 Å². The van der Waals surface area contributed by atoms with Crippen LogP contribution in [0.2, 0.25) is 0 Å². The number of nitrogens with zero attached hydrogens (tertiary/aromatic N) is 1. The number of carboxylic acid groups (broad SMARTS) is 1. The molecule has 1 heterocycles. The molecule has 114 valence electrons. The smallest absolute Gasteiger partial charge is 0.328 e. The lowest BCUT2D eigenvalue weighted by molar-refractivity contribution is -0.133. The van der Waals surface area contributed by atoms with Gasteiger partial charge in [0.25, 0.3) is 0 Å². The highest BCUT2D eigenvalue weighted by molar-refractivity contribution is 5.85. The third-order valence-electron chi connectivity index (χ3n) is 3.37. The Morgan fingerprint density at radius 1 is 1.14 bits per heavy atom. The van der Waals surface area contributed by atoms with Gasteiger partial charge >= 0.3 is 5.97 Å². The van der Waals surface area contributed by atoms with Crippen molar-refractivity contribution in [2.24, 2.45) is 0 Å². The van der Waals surface area contributed by atoms with Crippen molar-refractivity contribution in [3.63, 3.8) is 0 Å². The molecule has 2 rings (SSSR count). The number of benzene rings is 1. The van der Waals surface area contributed by atoms with E-state index in [-0.39, 0.29) is 11.2 Å². The van der Waals surface area contributed by atoms with Gasteiger partial charge in [-0.25, -0.2) is 4.79 Å². The monoisotopic (exact) mass is 289 g/mol. The van der Waals surface area contributed by atoms with E-state index in [0.29, 0.717) is 0 Å². The highest BCUT2D eigenvalue weighted by Crippen LogP contribution is 2.31. The van der Waals surface area contributed by atoms with Crippen LogP contribution in [0.25, 0.3) is 6.08 Å². The molecule has 1 aromatic carbocycles. The van der Waals surface area contributed by atoms with Crippen molar-refractivity contribution in [2.45, 2.75) is 38.9 Å². The molecule has 0 unspecified atom stereocenters. The van der Waals surface area contributed by atoms with Crippen molar-refractivity contribution in [1.29, 1.82) is 0 Å². The average molecular weight is 289 g/mol. The molecule has 1 N–H and O–H groups in total. The van der Waals surface area contributed by atoms with Crippen LogP contribution in [0, 0.1) is 0 Å². The van der Waals surface area contributed by atoms with Crippen molar-refractivity contribution in [1.82, 2.24) is 0 Å². The first-order chi connectivity index (χ1) is 9.67. The molecule has 1 saturated heterocycles. The molecule has 0 bridgehead atoms. The Balaban J connectivity index is 2.16. The van der Waals surface area contributed by atoms with Gasteiger partial charge in [-0.1, -0.05) is 12.1 Å². The predicted octanol–water partition coefficient (Wildman–Crippen LogP) is 3.18. The number of rotatable bonds is 3. The molecule has 0 atom stereocenters. The van der Waals surface area contributed by atoms with Crippen LogP contribution >= 0.6 is 0 Å². The van der Waals surface area contributed by atoms with E-state index < -0.39 is 5.97 Å². The maximum Gasteiger partial charge on any atom is 0.328 e. The summed E-state index contributed by atoms with van der Waals surface area (Å²) in [6.45, 7) is 10.1. The average Bonchev–Trinajstić information content (AvgIpc) is 2.33. The first-order valence-corrected chi connectivity index (χ1v) is 7.13. The van der Waals surface area contributed by atoms with Gasteiger partial charge in [0.05, 0.1) is 11.2 Å². The molecule has 1 aliphatic heterocycles. The van der Waals surface area contributed by atoms with Crippen LogP contribution in [0.3, 0.4) is 0 Å². The summed E-state index contributed by atoms with van der Waals surface area (Å²) in [5.41, 5.74) is 1.63. The largest absolute Gasteiger partial charge is 0.478 e. The summed E-state index contributed by atoms with van der Waals surface area (Å²) in [7, 11) is 0. The minimum atomic E-state index is -0.934. The Morgan fingerprint density at radius 3 is 2.14 bits per heavy atom. The second kappa shape index (κ2) is 5.53. The third-order valence-corrected chi connectivity index (χ3v) is 3.37. The topological polar surface area (TPSA) is 49.8 Å². The second-order valence-corrected chi connectivity index (χ2v) is 6.74. The van der Waals surface area contributed by atoms with Crippen LogP contribution < -0.4 is 4.90 Å². The zero-order valence-corrected chi connectivity index (χ0v) is 13.1. The highest BCUT2D eigenvalue weighted by Gasteiger charge is 2.38. The summed E-state index contributed by atoms with van der Waals surface area (Å²) in [6.07, 6.45) is 2.75. The fraction of sp³-hybridized carbons (Fsp3) is 0.471. The molecule has 1 fully saturated rings. The van der Waals surface area contributed by atoms with E-state index in [1.54, 1.807) is 6.08 Å². The first kappa shape index (κ1) is 15.6. The van der Waals surface area contributed by atoms with E-state index in [1.165, 1.54) is 0 Å². The van der Waals surface area contributed by atoms with Gasteiger partial charge in [0, 0.05) is 24.9 Å². The Bertz CT molecular complexity index is 528. The van der Waals surface area contributed by atoms with Crippen molar-refractivity contribution in [3.05, 3.63) is 35.9 Å². The van der Waals surface area contributed by atoms with Gasteiger partial charge in [-0.05, 0) is 51.5 Å². The maximum atomic E-state index is 10.5. The van der Waals surface area contributed by atoms with Gasteiger partial charge < -0.3 is 14.7 Å². The summed E-state index contributed by atoms with van der Waals surface area (Å²) in [4.78, 5) is 12.8. The molecule has 0 spiro atoms. The number of ether oxygens (including phenoxy) is 1. The van der Waals surface area contributed by atoms with E-state index in [1.807, 2.05) is 24.3 Å². The minimum Gasteiger partial charge on any atom is -0.478 e. The van der Waals surface area contributed by atoms with Gasteiger partial charge in [-0.3, -0.25) is 0 Å². The Morgan fingerprint density at radius 2 is 1.67 bits per heavy atom. The summed E-state index contributed by atoms with van der Waals surface area (Å²) in [5.74, 6) is -0.934. The lowest BCUT2D eigenvalue weighted by atomic mass is 9.98. The molecular weight excluding hydrogens is 266 g/mol. The number of morpholine rings is 1. The van der Waals surface area contributed by atoms with Crippen molar-refractivity contribution < 1.29 is 14.6 Å². The number of aliphatic carboxylic acids is 1. The molecule has 4 heteroatoms. The van der Waals surface area contributed by atoms with Gasteiger partial charge in [0.15, 0.2) is 0 Å². The fourth-order valence-corrected chi connectivity index (χ4v) is 2.93. The standard InChI is InChI=1S/C17H23NO3/c1-16(2)11-18(12-17(3,4)21-16)14-8-5-13(6-9-14)7-10-15(19)20/h5-10H,11-12H2,1-4H3,(H,19,20)/b10-7+. The van der Waals surface area contributed by atoms with Crippen LogP contribution in [-0.4, -0.2) is 35.4 Å². The van der Waals surface area contributed by atoms with Gasteiger partial charge in [0.1, 0.15) is 0 Å². The summed E-state index contributed by atoms with van der Waals surface area (Å²) in [5, 5.41) is 8.64. The highest BCUT2D eigenvalue weighted by atomic mass is 16.5. The van der Waals surface area contributed by atoms with Crippen molar-refractivity contribution in [3.8, 4) is 0 Å². The maximum absolute atomic E-state index is 10.5. The van der Waals surface area contributed by atoms with Crippen LogP contribution in [0.1, 0.15) is 33.3 Å². The number of anilines is 1. The molecule has 0 radical (unpaired) electrons. The zero-order chi connectivity index (χ0) is 15.7. The zero-order valence-electron chi connectivity index (χ0n) is 13.1. The van der Waals surface area contributed by atoms with Crippen LogP contribution in [-0.2, 0) is 9.53 Å². The van der Waals surface area contributed by atoms with Crippen LogP contribution in [0.15, 0.2) is 30.3 Å². The molecule has 1 aromatic rings. The van der Waals surface area contributed by atoms with E-state index in [0.717, 1.165) is 30.4 Å². The Labute approximate surface area is 126 Å². The first-order valence-electron chi connectivity index (χ1n) is 7.13. The third kappa shape index (κ3) is 4.33. The lowest BCUT2D eigenvalue weighted by Crippen LogP contribution is -2.57. The van der Waals surface area contributed by atoms with Crippen molar-refractivity contribution >= 4 is 17.7 Å². The van der Waals surface area contributed by atoms with E-state index in [2.05, 4.69) is 32.6 Å². The molecule has 0 saturated carbocycles. The molecule has 4 nitrogen and oxygen atoms in total. The Kier molecular flexibility index (Phi) is 4.10. The van der Waals surface area contributed by atoms with Gasteiger partial charge in [-0.15, -0.1) is 0 Å². The quantitative estimate of drug-likeness (QED) is 0.868. The second-order valence-electron chi connectivity index (χ2n) is 6.74. The number of hydrogen-bond acceptors (Lipinski definition) is 3. The number of hydrogen-bond donors (Lipinski definition) is 1. The number of carboxylic acids is 1. The SMILES string of the molecule is CC1(C)CN(c2ccc(/C=C/C(=O)O)cc2)CC(C)(C)O1. The summed E-state index contributed by atoms with van der Waals surface area (Å²) in [6, 6.07) is 7.92. The Hall–Kier alpha value is -1.81. The van der Waals surface area contributed by atoms with Crippen LogP contribution in [0.5, 0.6) is 0 Å². The summed E-state index contributed by atoms with van der Waals surface area (Å²) < 4.78 is 6.08. The molecule has 0 aliphatic carbocycles. The van der Waals surface area contributed by atoms with E-state index in [9.17, 15) is 4.79 Å². The normalized spacial score (nSPS) is 20.7. The van der Waals surface area contributed by atoms with E-state index >= 15 is 0 Å². The summed E-state index contributed by atoms with van der Waals surface area (Å²) >= 11 is 0. The minimum absolute atomic E-state index is 0.191. The van der Waals surface area contributed by atoms with Crippen LogP contribution in [0.4, 0.5) is 5.69 Å². The van der Waals surface area contributed by atoms with Crippen molar-refractivity contribution in [2.75, 3.05) is 18.0 Å². The lowest BCUT2D eigenvalue weighted by Gasteiger charge is -2.48. The molecule has 0 amide bonds. The number of carbonyl (C=O) groups is 1. The molecular formula is C17H23NO3. The predicted molar refractivity (Wildman–Crippen MR) is 84.6 cm³/mol. The molecule has 1 aliphatic rings. The molecule has 21 heavy (non-hydrogen) atoms. The van der Waals surface area contributed by atoms with E-state index in [4.69, 9.17) is 9.84 Å². The fourth-order valence-electron chi connectivity index (χ4n) is 2.93. The van der Waals surface area contributed by atoms with Gasteiger partial charge in [0.2, 0.25) is 0 Å².